The molecule has 3 aromatic carbocycles. The predicted molar refractivity (Wildman–Crippen MR) is 128 cm³/mol. The second kappa shape index (κ2) is 9.31. The number of ether oxygens (including phenoxy) is 3. The number of amides is 1. The van der Waals surface area contributed by atoms with Gasteiger partial charge in [0, 0.05) is 25.4 Å². The number of nitrogens with zero attached hydrogens (tertiary/aromatic N) is 3. The molecule has 0 bridgehead atoms. The summed E-state index contributed by atoms with van der Waals surface area (Å²) in [4.78, 5) is 15.3. The van der Waals surface area contributed by atoms with E-state index in [1.165, 1.54) is 0 Å². The van der Waals surface area contributed by atoms with E-state index in [1.807, 2.05) is 79.0 Å². The Balaban J connectivity index is 1.47. The van der Waals surface area contributed by atoms with Gasteiger partial charge in [0.15, 0.2) is 11.5 Å². The van der Waals surface area contributed by atoms with E-state index in [-0.39, 0.29) is 12.7 Å². The first-order chi connectivity index (χ1) is 16.6. The maximum absolute atomic E-state index is 13.6. The SMILES string of the molecule is COc1ccccc1-c1nn(Cc2ccccc2)cc1C(=O)N(C)Cc1ccc2c(c1)OCO2. The van der Waals surface area contributed by atoms with Crippen LogP contribution in [0.3, 0.4) is 0 Å². The highest BCUT2D eigenvalue weighted by Crippen LogP contribution is 2.34. The van der Waals surface area contributed by atoms with E-state index >= 15 is 0 Å². The average Bonchev–Trinajstić information content (AvgIpc) is 3.51. The van der Waals surface area contributed by atoms with Gasteiger partial charge in [-0.25, -0.2) is 0 Å². The fraction of sp³-hybridized carbons (Fsp3) is 0.185. The summed E-state index contributed by atoms with van der Waals surface area (Å²) in [5.74, 6) is 1.96. The number of para-hydroxylation sites is 1. The van der Waals surface area contributed by atoms with Crippen LogP contribution in [0, 0.1) is 0 Å². The number of carbonyl (C=O) groups is 1. The minimum Gasteiger partial charge on any atom is -0.496 e. The first kappa shape index (κ1) is 21.6. The van der Waals surface area contributed by atoms with Gasteiger partial charge in [0.2, 0.25) is 6.79 Å². The Bertz CT molecular complexity index is 1320. The molecule has 7 nitrogen and oxygen atoms in total. The summed E-state index contributed by atoms with van der Waals surface area (Å²) >= 11 is 0. The van der Waals surface area contributed by atoms with Crippen molar-refractivity contribution in [1.82, 2.24) is 14.7 Å². The fourth-order valence-corrected chi connectivity index (χ4v) is 4.06. The lowest BCUT2D eigenvalue weighted by molar-refractivity contribution is 0.0785. The van der Waals surface area contributed by atoms with Crippen LogP contribution in [0.4, 0.5) is 0 Å². The summed E-state index contributed by atoms with van der Waals surface area (Å²) in [6.45, 7) is 1.20. The summed E-state index contributed by atoms with van der Waals surface area (Å²) < 4.78 is 18.2. The number of benzene rings is 3. The van der Waals surface area contributed by atoms with Gasteiger partial charge in [-0.05, 0) is 35.4 Å². The minimum atomic E-state index is -0.127. The summed E-state index contributed by atoms with van der Waals surface area (Å²) in [6, 6.07) is 23.4. The Morgan fingerprint density at radius 2 is 1.76 bits per heavy atom. The van der Waals surface area contributed by atoms with Gasteiger partial charge in [-0.1, -0.05) is 48.5 Å². The van der Waals surface area contributed by atoms with Crippen molar-refractivity contribution >= 4 is 5.91 Å². The smallest absolute Gasteiger partial charge is 0.257 e. The van der Waals surface area contributed by atoms with E-state index in [1.54, 1.807) is 23.7 Å². The monoisotopic (exact) mass is 455 g/mol. The molecule has 0 radical (unpaired) electrons. The predicted octanol–water partition coefficient (Wildman–Crippen LogP) is 4.61. The van der Waals surface area contributed by atoms with E-state index in [2.05, 4.69) is 0 Å². The van der Waals surface area contributed by atoms with E-state index in [4.69, 9.17) is 19.3 Å². The molecular weight excluding hydrogens is 430 g/mol. The van der Waals surface area contributed by atoms with Gasteiger partial charge in [-0.15, -0.1) is 0 Å². The van der Waals surface area contributed by atoms with Gasteiger partial charge in [0.25, 0.3) is 5.91 Å². The lowest BCUT2D eigenvalue weighted by atomic mass is 10.1. The molecule has 0 saturated carbocycles. The van der Waals surface area contributed by atoms with E-state index in [0.717, 1.165) is 22.4 Å². The number of hydrogen-bond acceptors (Lipinski definition) is 5. The number of fused-ring (bicyclic) bond motifs is 1. The molecule has 5 rings (SSSR count). The molecule has 0 saturated heterocycles. The molecule has 2 heterocycles. The third-order valence-electron chi connectivity index (χ3n) is 5.75. The van der Waals surface area contributed by atoms with Gasteiger partial charge in [0.1, 0.15) is 11.4 Å². The van der Waals surface area contributed by atoms with Crippen LogP contribution in [-0.2, 0) is 13.1 Å². The zero-order chi connectivity index (χ0) is 23.5. The molecular formula is C27H25N3O4. The van der Waals surface area contributed by atoms with Crippen LogP contribution in [0.25, 0.3) is 11.3 Å². The van der Waals surface area contributed by atoms with Crippen LogP contribution in [0.2, 0.25) is 0 Å². The zero-order valence-corrected chi connectivity index (χ0v) is 19.1. The minimum absolute atomic E-state index is 0.127. The molecule has 0 N–H and O–H groups in total. The van der Waals surface area contributed by atoms with Crippen molar-refractivity contribution in [3.05, 3.63) is 95.7 Å². The number of rotatable bonds is 7. The van der Waals surface area contributed by atoms with Crippen LogP contribution in [0.1, 0.15) is 21.5 Å². The van der Waals surface area contributed by atoms with Crippen LogP contribution in [-0.4, -0.2) is 41.5 Å². The lowest BCUT2D eigenvalue weighted by Crippen LogP contribution is -2.26. The van der Waals surface area contributed by atoms with Gasteiger partial charge < -0.3 is 19.1 Å². The third-order valence-corrected chi connectivity index (χ3v) is 5.75. The Morgan fingerprint density at radius 1 is 1.00 bits per heavy atom. The molecule has 0 aliphatic carbocycles. The average molecular weight is 456 g/mol. The highest BCUT2D eigenvalue weighted by Gasteiger charge is 2.24. The van der Waals surface area contributed by atoms with Crippen LogP contribution < -0.4 is 14.2 Å². The standard InChI is InChI=1S/C27H25N3O4/c1-29(15-20-12-13-24-25(14-20)34-18-33-24)27(31)22-17-30(16-19-8-4-3-5-9-19)28-26(22)21-10-6-7-11-23(21)32-2/h3-14,17H,15-16,18H2,1-2H3. The normalized spacial score (nSPS) is 11.9. The Kier molecular flexibility index (Phi) is 5.91. The molecule has 0 atom stereocenters. The van der Waals surface area contributed by atoms with Gasteiger partial charge in [-0.2, -0.15) is 5.10 Å². The molecule has 1 aromatic heterocycles. The first-order valence-corrected chi connectivity index (χ1v) is 11.0. The molecule has 1 amide bonds. The molecule has 0 fully saturated rings. The highest BCUT2D eigenvalue weighted by atomic mass is 16.7. The van der Waals surface area contributed by atoms with E-state index < -0.39 is 0 Å². The molecule has 0 spiro atoms. The largest absolute Gasteiger partial charge is 0.496 e. The van der Waals surface area contributed by atoms with Crippen LogP contribution in [0.15, 0.2) is 79.0 Å². The zero-order valence-electron chi connectivity index (χ0n) is 19.1. The van der Waals surface area contributed by atoms with Crippen molar-refractivity contribution in [3.8, 4) is 28.5 Å². The summed E-state index contributed by atoms with van der Waals surface area (Å²) in [5.41, 5.74) is 3.94. The van der Waals surface area contributed by atoms with Crippen molar-refractivity contribution in [1.29, 1.82) is 0 Å². The summed E-state index contributed by atoms with van der Waals surface area (Å²) in [5, 5.41) is 4.79. The highest BCUT2D eigenvalue weighted by molar-refractivity contribution is 6.00. The second-order valence-electron chi connectivity index (χ2n) is 8.12. The number of hydrogen-bond donors (Lipinski definition) is 0. The molecule has 172 valence electrons. The van der Waals surface area contributed by atoms with E-state index in [0.29, 0.717) is 35.8 Å². The number of carbonyl (C=O) groups excluding carboxylic acids is 1. The maximum Gasteiger partial charge on any atom is 0.257 e. The van der Waals surface area contributed by atoms with Crippen molar-refractivity contribution in [2.24, 2.45) is 0 Å². The molecule has 0 unspecified atom stereocenters. The third kappa shape index (κ3) is 4.32. The molecule has 1 aliphatic rings. The molecule has 34 heavy (non-hydrogen) atoms. The quantitative estimate of drug-likeness (QED) is 0.407. The van der Waals surface area contributed by atoms with Crippen LogP contribution >= 0.6 is 0 Å². The Morgan fingerprint density at radius 3 is 2.59 bits per heavy atom. The van der Waals surface area contributed by atoms with Gasteiger partial charge >= 0.3 is 0 Å². The summed E-state index contributed by atoms with van der Waals surface area (Å²) in [6.07, 6.45) is 1.81. The topological polar surface area (TPSA) is 65.8 Å². The number of methoxy groups -OCH3 is 1. The van der Waals surface area contributed by atoms with Crippen molar-refractivity contribution < 1.29 is 19.0 Å². The summed E-state index contributed by atoms with van der Waals surface area (Å²) in [7, 11) is 3.40. The molecule has 1 aliphatic heterocycles. The van der Waals surface area contributed by atoms with Gasteiger partial charge in [0.05, 0.1) is 19.2 Å². The van der Waals surface area contributed by atoms with Gasteiger partial charge in [-0.3, -0.25) is 9.48 Å². The molecule has 4 aromatic rings. The lowest BCUT2D eigenvalue weighted by Gasteiger charge is -2.18. The maximum atomic E-state index is 13.6. The molecule has 7 heteroatoms. The fourth-order valence-electron chi connectivity index (χ4n) is 4.06. The van der Waals surface area contributed by atoms with Crippen molar-refractivity contribution in [2.75, 3.05) is 21.0 Å². The van der Waals surface area contributed by atoms with Crippen LogP contribution in [0.5, 0.6) is 17.2 Å². The first-order valence-electron chi connectivity index (χ1n) is 11.0. The number of aromatic nitrogens is 2. The van der Waals surface area contributed by atoms with Crippen molar-refractivity contribution in [3.63, 3.8) is 0 Å². The van der Waals surface area contributed by atoms with Crippen molar-refractivity contribution in [2.45, 2.75) is 13.1 Å². The Labute approximate surface area is 198 Å². The second-order valence-corrected chi connectivity index (χ2v) is 8.12. The van der Waals surface area contributed by atoms with E-state index in [9.17, 15) is 4.79 Å². The Hall–Kier alpha value is -4.26.